The molecule has 0 aromatic heterocycles. The maximum atomic E-state index is 13.5. The summed E-state index contributed by atoms with van der Waals surface area (Å²) in [6.45, 7) is 3.60. The van der Waals surface area contributed by atoms with Crippen LogP contribution < -0.4 is 10.2 Å². The van der Waals surface area contributed by atoms with Crippen LogP contribution in [0.5, 0.6) is 0 Å². The molecule has 1 atom stereocenters. The molecule has 1 N–H and O–H groups in total. The molecule has 2 aromatic carbocycles. The van der Waals surface area contributed by atoms with Crippen molar-refractivity contribution in [3.63, 3.8) is 0 Å². The topological polar surface area (TPSA) is 69.7 Å². The van der Waals surface area contributed by atoms with Gasteiger partial charge in [0, 0.05) is 12.2 Å². The predicted octanol–water partition coefficient (Wildman–Crippen LogP) is 3.32. The van der Waals surface area contributed by atoms with Gasteiger partial charge in [0.25, 0.3) is 5.91 Å². The van der Waals surface area contributed by atoms with Gasteiger partial charge in [-0.2, -0.15) is 0 Å². The summed E-state index contributed by atoms with van der Waals surface area (Å²) < 4.78 is 26.8. The van der Waals surface area contributed by atoms with E-state index in [1.807, 2.05) is 0 Å². The summed E-state index contributed by atoms with van der Waals surface area (Å²) in [6.07, 6.45) is 1.10. The number of nitrogens with zero attached hydrogens (tertiary/aromatic N) is 2. The molecule has 3 rings (SSSR count). The second-order valence-electron chi connectivity index (χ2n) is 6.16. The molecule has 28 heavy (non-hydrogen) atoms. The average molecular weight is 385 g/mol. The van der Waals surface area contributed by atoms with E-state index < -0.39 is 35.5 Å². The van der Waals surface area contributed by atoms with Gasteiger partial charge >= 0.3 is 6.03 Å². The van der Waals surface area contributed by atoms with E-state index in [1.165, 1.54) is 47.4 Å². The third kappa shape index (κ3) is 3.90. The summed E-state index contributed by atoms with van der Waals surface area (Å²) in [6, 6.07) is 8.64. The number of amides is 4. The molecule has 1 aliphatic rings. The Morgan fingerprint density at radius 1 is 1.11 bits per heavy atom. The van der Waals surface area contributed by atoms with Crippen LogP contribution in [0.3, 0.4) is 0 Å². The SMILES string of the molecule is C=CCN1C(=O)N(c2cccc(F)c2)C(=O)[C@H]1CC(=O)Nc1cccc(F)c1. The number of rotatable bonds is 6. The normalized spacial score (nSPS) is 16.4. The van der Waals surface area contributed by atoms with Crippen molar-refractivity contribution in [2.24, 2.45) is 0 Å². The number of hydrogen-bond donors (Lipinski definition) is 1. The summed E-state index contributed by atoms with van der Waals surface area (Å²) in [4.78, 5) is 39.9. The Balaban J connectivity index is 1.82. The lowest BCUT2D eigenvalue weighted by atomic mass is 10.1. The molecule has 4 amide bonds. The highest BCUT2D eigenvalue weighted by Crippen LogP contribution is 2.27. The Morgan fingerprint density at radius 3 is 2.43 bits per heavy atom. The molecule has 2 aromatic rings. The molecule has 0 aliphatic carbocycles. The van der Waals surface area contributed by atoms with Crippen LogP contribution in [0.1, 0.15) is 6.42 Å². The van der Waals surface area contributed by atoms with Gasteiger partial charge in [-0.15, -0.1) is 6.58 Å². The van der Waals surface area contributed by atoms with Crippen molar-refractivity contribution < 1.29 is 23.2 Å². The largest absolute Gasteiger partial charge is 0.332 e. The molecular formula is C20H17F2N3O3. The van der Waals surface area contributed by atoms with Crippen molar-refractivity contribution in [3.8, 4) is 0 Å². The number of benzene rings is 2. The van der Waals surface area contributed by atoms with Crippen LogP contribution in [-0.4, -0.2) is 35.3 Å². The highest BCUT2D eigenvalue weighted by molar-refractivity contribution is 6.22. The van der Waals surface area contributed by atoms with Gasteiger partial charge in [-0.25, -0.2) is 18.5 Å². The average Bonchev–Trinajstić information content (AvgIpc) is 2.86. The molecule has 144 valence electrons. The molecule has 0 saturated carbocycles. The first-order chi connectivity index (χ1) is 13.4. The zero-order chi connectivity index (χ0) is 20.3. The molecule has 0 radical (unpaired) electrons. The summed E-state index contributed by atoms with van der Waals surface area (Å²) in [7, 11) is 0. The zero-order valence-corrected chi connectivity index (χ0v) is 14.8. The van der Waals surface area contributed by atoms with Crippen LogP contribution in [0, 0.1) is 11.6 Å². The number of anilines is 2. The summed E-state index contributed by atoms with van der Waals surface area (Å²) in [5.74, 6) is -2.32. The highest BCUT2D eigenvalue weighted by Gasteiger charge is 2.46. The van der Waals surface area contributed by atoms with Crippen molar-refractivity contribution in [3.05, 3.63) is 72.8 Å². The standard InChI is InChI=1S/C20H17F2N3O3/c1-2-9-24-17(12-18(26)23-15-7-3-5-13(21)10-15)19(27)25(20(24)28)16-8-4-6-14(22)11-16/h2-8,10-11,17H,1,9,12H2,(H,23,26)/t17-/m1/s1. The number of carbonyl (C=O) groups excluding carboxylic acids is 3. The number of imide groups is 1. The minimum Gasteiger partial charge on any atom is -0.326 e. The second kappa shape index (κ2) is 7.99. The Labute approximate surface area is 160 Å². The highest BCUT2D eigenvalue weighted by atomic mass is 19.1. The van der Waals surface area contributed by atoms with Crippen molar-refractivity contribution >= 4 is 29.2 Å². The number of carbonyl (C=O) groups is 3. The Hall–Kier alpha value is -3.55. The Bertz CT molecular complexity index is 948. The van der Waals surface area contributed by atoms with Crippen molar-refractivity contribution in [2.45, 2.75) is 12.5 Å². The number of hydrogen-bond acceptors (Lipinski definition) is 3. The fourth-order valence-corrected chi connectivity index (χ4v) is 2.99. The maximum Gasteiger partial charge on any atom is 0.332 e. The van der Waals surface area contributed by atoms with Gasteiger partial charge in [0.1, 0.15) is 17.7 Å². The van der Waals surface area contributed by atoms with E-state index in [4.69, 9.17) is 0 Å². The minimum atomic E-state index is -1.08. The van der Waals surface area contributed by atoms with Crippen LogP contribution in [0.4, 0.5) is 25.0 Å². The van der Waals surface area contributed by atoms with Gasteiger partial charge in [-0.1, -0.05) is 18.2 Å². The molecule has 1 fully saturated rings. The molecule has 1 heterocycles. The predicted molar refractivity (Wildman–Crippen MR) is 99.6 cm³/mol. The van der Waals surface area contributed by atoms with Crippen LogP contribution >= 0.6 is 0 Å². The van der Waals surface area contributed by atoms with E-state index in [2.05, 4.69) is 11.9 Å². The lowest BCUT2D eigenvalue weighted by Crippen LogP contribution is -2.38. The van der Waals surface area contributed by atoms with Gasteiger partial charge in [0.2, 0.25) is 5.91 Å². The third-order valence-electron chi connectivity index (χ3n) is 4.20. The smallest absolute Gasteiger partial charge is 0.326 e. The van der Waals surface area contributed by atoms with Crippen molar-refractivity contribution in [1.82, 2.24) is 4.90 Å². The Morgan fingerprint density at radius 2 is 1.79 bits per heavy atom. The fourth-order valence-electron chi connectivity index (χ4n) is 2.99. The molecule has 0 bridgehead atoms. The second-order valence-corrected chi connectivity index (χ2v) is 6.16. The lowest BCUT2D eigenvalue weighted by molar-refractivity contribution is -0.124. The van der Waals surface area contributed by atoms with E-state index in [0.29, 0.717) is 0 Å². The van der Waals surface area contributed by atoms with Crippen molar-refractivity contribution in [2.75, 3.05) is 16.8 Å². The van der Waals surface area contributed by atoms with Crippen LogP contribution in [-0.2, 0) is 9.59 Å². The number of urea groups is 1. The monoisotopic (exact) mass is 385 g/mol. The molecule has 1 saturated heterocycles. The molecule has 8 heteroatoms. The molecular weight excluding hydrogens is 368 g/mol. The molecule has 6 nitrogen and oxygen atoms in total. The maximum absolute atomic E-state index is 13.5. The van der Waals surface area contributed by atoms with Crippen LogP contribution in [0.2, 0.25) is 0 Å². The van der Waals surface area contributed by atoms with Crippen LogP contribution in [0.25, 0.3) is 0 Å². The lowest BCUT2D eigenvalue weighted by Gasteiger charge is -2.19. The van der Waals surface area contributed by atoms with E-state index >= 15 is 0 Å². The first-order valence-corrected chi connectivity index (χ1v) is 8.47. The van der Waals surface area contributed by atoms with Crippen LogP contribution in [0.15, 0.2) is 61.2 Å². The van der Waals surface area contributed by atoms with Crippen molar-refractivity contribution in [1.29, 1.82) is 0 Å². The van der Waals surface area contributed by atoms with Gasteiger partial charge in [0.05, 0.1) is 12.1 Å². The molecule has 1 aliphatic heterocycles. The molecule has 0 spiro atoms. The molecule has 0 unspecified atom stereocenters. The summed E-state index contributed by atoms with van der Waals surface area (Å²) in [5.41, 5.74) is 0.316. The van der Waals surface area contributed by atoms with Gasteiger partial charge < -0.3 is 10.2 Å². The van der Waals surface area contributed by atoms with E-state index in [1.54, 1.807) is 0 Å². The zero-order valence-electron chi connectivity index (χ0n) is 14.8. The third-order valence-corrected chi connectivity index (χ3v) is 4.20. The van der Waals surface area contributed by atoms with Gasteiger partial charge in [-0.3, -0.25) is 9.59 Å². The first kappa shape index (κ1) is 19.2. The Kier molecular flexibility index (Phi) is 5.49. The number of nitrogens with one attached hydrogen (secondary N) is 1. The summed E-state index contributed by atoms with van der Waals surface area (Å²) in [5, 5.41) is 2.50. The summed E-state index contributed by atoms with van der Waals surface area (Å²) >= 11 is 0. The fraction of sp³-hybridized carbons (Fsp3) is 0.150. The number of halogens is 2. The van der Waals surface area contributed by atoms with Gasteiger partial charge in [-0.05, 0) is 36.4 Å². The van der Waals surface area contributed by atoms with Gasteiger partial charge in [0.15, 0.2) is 0 Å². The quantitative estimate of drug-likeness (QED) is 0.613. The van der Waals surface area contributed by atoms with E-state index in [-0.39, 0.29) is 24.3 Å². The first-order valence-electron chi connectivity index (χ1n) is 8.47. The van der Waals surface area contributed by atoms with E-state index in [9.17, 15) is 23.2 Å². The van der Waals surface area contributed by atoms with E-state index in [0.717, 1.165) is 17.0 Å². The minimum absolute atomic E-state index is 0.0360.